The molecule has 78 valence electrons. The van der Waals surface area contributed by atoms with E-state index in [0.717, 1.165) is 24.9 Å². The topological polar surface area (TPSA) is 54.8 Å². The molecule has 1 heterocycles. The lowest BCUT2D eigenvalue weighted by Crippen LogP contribution is -2.14. The molecular weight excluding hydrogens is 178 g/mol. The SMILES string of the molecule is CCn1c(CNC)nnc1NC1CC1. The molecule has 1 aliphatic carbocycles. The Labute approximate surface area is 83.9 Å². The number of nitrogens with zero attached hydrogens (tertiary/aromatic N) is 3. The fraction of sp³-hybridized carbons (Fsp3) is 0.778. The molecule has 14 heavy (non-hydrogen) atoms. The van der Waals surface area contributed by atoms with Crippen LogP contribution in [0.1, 0.15) is 25.6 Å². The molecule has 5 heteroatoms. The van der Waals surface area contributed by atoms with E-state index in [1.807, 2.05) is 7.05 Å². The predicted molar refractivity (Wildman–Crippen MR) is 55.1 cm³/mol. The molecule has 1 aromatic rings. The number of anilines is 1. The second-order valence-corrected chi connectivity index (χ2v) is 3.63. The Morgan fingerprint density at radius 1 is 1.43 bits per heavy atom. The average molecular weight is 195 g/mol. The predicted octanol–water partition coefficient (Wildman–Crippen LogP) is 0.592. The van der Waals surface area contributed by atoms with Crippen molar-refractivity contribution in [2.75, 3.05) is 12.4 Å². The van der Waals surface area contributed by atoms with Gasteiger partial charge in [0, 0.05) is 12.6 Å². The molecular formula is C9H17N5. The van der Waals surface area contributed by atoms with Gasteiger partial charge in [-0.25, -0.2) is 0 Å². The zero-order valence-electron chi connectivity index (χ0n) is 8.75. The maximum atomic E-state index is 4.15. The van der Waals surface area contributed by atoms with E-state index >= 15 is 0 Å². The van der Waals surface area contributed by atoms with Crippen LogP contribution in [0.2, 0.25) is 0 Å². The van der Waals surface area contributed by atoms with Gasteiger partial charge >= 0.3 is 0 Å². The van der Waals surface area contributed by atoms with Gasteiger partial charge in [-0.1, -0.05) is 0 Å². The van der Waals surface area contributed by atoms with Crippen LogP contribution in [0.3, 0.4) is 0 Å². The van der Waals surface area contributed by atoms with Crippen molar-refractivity contribution in [1.82, 2.24) is 20.1 Å². The van der Waals surface area contributed by atoms with E-state index in [1.54, 1.807) is 0 Å². The van der Waals surface area contributed by atoms with Crippen LogP contribution in [0.4, 0.5) is 5.95 Å². The van der Waals surface area contributed by atoms with Crippen molar-refractivity contribution in [1.29, 1.82) is 0 Å². The molecule has 0 atom stereocenters. The fourth-order valence-corrected chi connectivity index (χ4v) is 1.47. The summed E-state index contributed by atoms with van der Waals surface area (Å²) in [5.74, 6) is 1.92. The molecule has 1 aromatic heterocycles. The number of hydrogen-bond acceptors (Lipinski definition) is 4. The lowest BCUT2D eigenvalue weighted by molar-refractivity contribution is 0.659. The Hall–Kier alpha value is -1.10. The first-order chi connectivity index (χ1) is 6.85. The number of aromatic nitrogens is 3. The third-order valence-corrected chi connectivity index (χ3v) is 2.39. The second kappa shape index (κ2) is 3.96. The molecule has 0 saturated heterocycles. The first-order valence-electron chi connectivity index (χ1n) is 5.18. The lowest BCUT2D eigenvalue weighted by atomic mass is 10.5. The maximum absolute atomic E-state index is 4.15. The highest BCUT2D eigenvalue weighted by Crippen LogP contribution is 2.23. The summed E-state index contributed by atoms with van der Waals surface area (Å²) in [7, 11) is 1.92. The van der Waals surface area contributed by atoms with Gasteiger partial charge in [0.2, 0.25) is 5.95 Å². The molecule has 0 amide bonds. The number of hydrogen-bond donors (Lipinski definition) is 2. The molecule has 0 spiro atoms. The first-order valence-corrected chi connectivity index (χ1v) is 5.18. The summed E-state index contributed by atoms with van der Waals surface area (Å²) in [6, 6.07) is 0.631. The van der Waals surface area contributed by atoms with Gasteiger partial charge in [0.1, 0.15) is 5.82 Å². The molecule has 1 aliphatic rings. The molecule has 0 bridgehead atoms. The Morgan fingerprint density at radius 3 is 2.79 bits per heavy atom. The summed E-state index contributed by atoms with van der Waals surface area (Å²) < 4.78 is 2.12. The fourth-order valence-electron chi connectivity index (χ4n) is 1.47. The molecule has 2 N–H and O–H groups in total. The average Bonchev–Trinajstić information content (AvgIpc) is 2.90. The summed E-state index contributed by atoms with van der Waals surface area (Å²) in [6.07, 6.45) is 2.52. The zero-order valence-corrected chi connectivity index (χ0v) is 8.75. The summed E-state index contributed by atoms with van der Waals surface area (Å²) in [5, 5.41) is 14.8. The van der Waals surface area contributed by atoms with Crippen LogP contribution < -0.4 is 10.6 Å². The van der Waals surface area contributed by atoms with Gasteiger partial charge in [-0.05, 0) is 26.8 Å². The maximum Gasteiger partial charge on any atom is 0.224 e. The van der Waals surface area contributed by atoms with E-state index in [2.05, 4.69) is 32.3 Å². The van der Waals surface area contributed by atoms with Crippen LogP contribution in [0.5, 0.6) is 0 Å². The standard InChI is InChI=1S/C9H17N5/c1-3-14-8(6-10-2)12-13-9(14)11-7-4-5-7/h7,10H,3-6H2,1-2H3,(H,11,13). The van der Waals surface area contributed by atoms with Crippen LogP contribution in [0, 0.1) is 0 Å². The molecule has 0 unspecified atom stereocenters. The third kappa shape index (κ3) is 1.87. The van der Waals surface area contributed by atoms with Crippen LogP contribution in [0.15, 0.2) is 0 Å². The minimum atomic E-state index is 0.631. The van der Waals surface area contributed by atoms with Gasteiger partial charge in [-0.3, -0.25) is 4.57 Å². The highest BCUT2D eigenvalue weighted by atomic mass is 15.4. The highest BCUT2D eigenvalue weighted by Gasteiger charge is 2.23. The molecule has 0 radical (unpaired) electrons. The van der Waals surface area contributed by atoms with Crippen molar-refractivity contribution in [2.24, 2.45) is 0 Å². The number of rotatable bonds is 5. The Morgan fingerprint density at radius 2 is 2.21 bits per heavy atom. The normalized spacial score (nSPS) is 15.9. The van der Waals surface area contributed by atoms with Crippen molar-refractivity contribution < 1.29 is 0 Å². The van der Waals surface area contributed by atoms with Gasteiger partial charge in [0.05, 0.1) is 6.54 Å². The summed E-state index contributed by atoms with van der Waals surface area (Å²) in [6.45, 7) is 3.80. The van der Waals surface area contributed by atoms with E-state index in [-0.39, 0.29) is 0 Å². The van der Waals surface area contributed by atoms with E-state index in [9.17, 15) is 0 Å². The van der Waals surface area contributed by atoms with Gasteiger partial charge in [-0.2, -0.15) is 0 Å². The van der Waals surface area contributed by atoms with E-state index in [1.165, 1.54) is 12.8 Å². The van der Waals surface area contributed by atoms with Crippen molar-refractivity contribution in [3.8, 4) is 0 Å². The quantitative estimate of drug-likeness (QED) is 0.722. The summed E-state index contributed by atoms with van der Waals surface area (Å²) in [5.41, 5.74) is 0. The monoisotopic (exact) mass is 195 g/mol. The van der Waals surface area contributed by atoms with E-state index in [0.29, 0.717) is 6.04 Å². The van der Waals surface area contributed by atoms with Crippen LogP contribution in [-0.4, -0.2) is 27.9 Å². The highest BCUT2D eigenvalue weighted by molar-refractivity contribution is 5.29. The van der Waals surface area contributed by atoms with Crippen molar-refractivity contribution >= 4 is 5.95 Å². The van der Waals surface area contributed by atoms with Gasteiger partial charge in [0.15, 0.2) is 0 Å². The summed E-state index contributed by atoms with van der Waals surface area (Å²) in [4.78, 5) is 0. The van der Waals surface area contributed by atoms with Crippen LogP contribution in [-0.2, 0) is 13.1 Å². The smallest absolute Gasteiger partial charge is 0.224 e. The Balaban J connectivity index is 2.12. The van der Waals surface area contributed by atoms with E-state index < -0.39 is 0 Å². The minimum Gasteiger partial charge on any atom is -0.352 e. The van der Waals surface area contributed by atoms with Crippen molar-refractivity contribution in [3.05, 3.63) is 5.82 Å². The minimum absolute atomic E-state index is 0.631. The molecule has 0 aliphatic heterocycles. The molecule has 1 saturated carbocycles. The molecule has 0 aromatic carbocycles. The van der Waals surface area contributed by atoms with Gasteiger partial charge in [0.25, 0.3) is 0 Å². The molecule has 1 fully saturated rings. The second-order valence-electron chi connectivity index (χ2n) is 3.63. The Kier molecular flexibility index (Phi) is 2.67. The zero-order chi connectivity index (χ0) is 9.97. The van der Waals surface area contributed by atoms with Gasteiger partial charge < -0.3 is 10.6 Å². The van der Waals surface area contributed by atoms with Gasteiger partial charge in [-0.15, -0.1) is 10.2 Å². The number of nitrogens with one attached hydrogen (secondary N) is 2. The third-order valence-electron chi connectivity index (χ3n) is 2.39. The van der Waals surface area contributed by atoms with Crippen LogP contribution in [0.25, 0.3) is 0 Å². The van der Waals surface area contributed by atoms with Crippen molar-refractivity contribution in [2.45, 2.75) is 38.9 Å². The largest absolute Gasteiger partial charge is 0.352 e. The summed E-state index contributed by atoms with van der Waals surface area (Å²) >= 11 is 0. The Bertz CT molecular complexity index is 302. The van der Waals surface area contributed by atoms with E-state index in [4.69, 9.17) is 0 Å². The molecule has 2 rings (SSSR count). The lowest BCUT2D eigenvalue weighted by Gasteiger charge is -2.07. The van der Waals surface area contributed by atoms with Crippen LogP contribution >= 0.6 is 0 Å². The van der Waals surface area contributed by atoms with Crippen molar-refractivity contribution in [3.63, 3.8) is 0 Å². The molecule has 5 nitrogen and oxygen atoms in total. The first kappa shape index (κ1) is 9.45.